The Morgan fingerprint density at radius 2 is 0.857 bits per heavy atom. The van der Waals surface area contributed by atoms with Crippen molar-refractivity contribution in [3.8, 4) is 11.5 Å². The summed E-state index contributed by atoms with van der Waals surface area (Å²) in [5, 5.41) is 0. The number of hydrogen-bond acceptors (Lipinski definition) is 4. The molecule has 0 aromatic heterocycles. The second kappa shape index (κ2) is 10.5. The number of aryl methyl sites for hydroxylation is 2. The fraction of sp³-hybridized carbons (Fsp3) is 0.250. The van der Waals surface area contributed by atoms with Crippen molar-refractivity contribution >= 4 is 0 Å². The lowest BCUT2D eigenvalue weighted by Gasteiger charge is -2.09. The minimum Gasteiger partial charge on any atom is -0.468 e. The third-order valence-corrected chi connectivity index (χ3v) is 4.22. The van der Waals surface area contributed by atoms with Crippen molar-refractivity contribution in [1.82, 2.24) is 0 Å². The molecular weight excluding hydrogens is 352 g/mol. The van der Waals surface area contributed by atoms with Gasteiger partial charge in [-0.25, -0.2) is 0 Å². The summed E-state index contributed by atoms with van der Waals surface area (Å²) >= 11 is 0. The highest BCUT2D eigenvalue weighted by atomic mass is 16.7. The average molecular weight is 378 g/mol. The van der Waals surface area contributed by atoms with E-state index in [-0.39, 0.29) is 13.6 Å². The smallest absolute Gasteiger partial charge is 0.189 e. The molecule has 146 valence electrons. The van der Waals surface area contributed by atoms with E-state index in [0.717, 1.165) is 22.6 Å². The number of ether oxygens (including phenoxy) is 4. The normalized spacial score (nSPS) is 10.6. The lowest BCUT2D eigenvalue weighted by Crippen LogP contribution is -2.04. The molecule has 28 heavy (non-hydrogen) atoms. The molecule has 4 heteroatoms. The monoisotopic (exact) mass is 378 g/mol. The van der Waals surface area contributed by atoms with Crippen LogP contribution in [0, 0.1) is 13.8 Å². The molecule has 0 aliphatic heterocycles. The van der Waals surface area contributed by atoms with Gasteiger partial charge >= 0.3 is 0 Å². The second-order valence-electron chi connectivity index (χ2n) is 6.66. The molecule has 0 unspecified atom stereocenters. The largest absolute Gasteiger partial charge is 0.468 e. The SMILES string of the molecule is Cc1ccc(COCOc2ccc(COCOc3ccc(C)cc3)cc2)cc1. The summed E-state index contributed by atoms with van der Waals surface area (Å²) in [6.07, 6.45) is 0. The Bertz CT molecular complexity index is 751. The Morgan fingerprint density at radius 3 is 1.32 bits per heavy atom. The molecule has 0 saturated heterocycles. The zero-order valence-corrected chi connectivity index (χ0v) is 16.4. The van der Waals surface area contributed by atoms with Crippen LogP contribution in [0.1, 0.15) is 22.3 Å². The fourth-order valence-corrected chi connectivity index (χ4v) is 2.54. The lowest BCUT2D eigenvalue weighted by molar-refractivity contribution is 0.00374. The Balaban J connectivity index is 1.31. The van der Waals surface area contributed by atoms with Gasteiger partial charge in [-0.15, -0.1) is 0 Å². The van der Waals surface area contributed by atoms with Crippen molar-refractivity contribution in [2.45, 2.75) is 27.1 Å². The summed E-state index contributed by atoms with van der Waals surface area (Å²) in [5.74, 6) is 1.57. The maximum absolute atomic E-state index is 5.61. The van der Waals surface area contributed by atoms with Gasteiger partial charge in [0, 0.05) is 0 Å². The molecule has 0 N–H and O–H groups in total. The highest BCUT2D eigenvalue weighted by molar-refractivity contribution is 5.27. The van der Waals surface area contributed by atoms with Crippen molar-refractivity contribution < 1.29 is 18.9 Å². The first-order valence-electron chi connectivity index (χ1n) is 9.31. The predicted molar refractivity (Wildman–Crippen MR) is 109 cm³/mol. The molecule has 0 radical (unpaired) electrons. The van der Waals surface area contributed by atoms with E-state index in [1.807, 2.05) is 55.5 Å². The van der Waals surface area contributed by atoms with E-state index < -0.39 is 0 Å². The molecule has 0 aliphatic carbocycles. The van der Waals surface area contributed by atoms with E-state index in [0.29, 0.717) is 13.2 Å². The Labute approximate surface area is 166 Å². The second-order valence-corrected chi connectivity index (χ2v) is 6.66. The van der Waals surface area contributed by atoms with Crippen LogP contribution < -0.4 is 9.47 Å². The van der Waals surface area contributed by atoms with E-state index in [2.05, 4.69) is 31.2 Å². The molecule has 0 fully saturated rings. The Hall–Kier alpha value is -2.82. The van der Waals surface area contributed by atoms with E-state index in [1.165, 1.54) is 11.1 Å². The van der Waals surface area contributed by atoms with Crippen molar-refractivity contribution in [2.24, 2.45) is 0 Å². The van der Waals surface area contributed by atoms with E-state index in [1.54, 1.807) is 0 Å². The maximum Gasteiger partial charge on any atom is 0.189 e. The van der Waals surface area contributed by atoms with Crippen molar-refractivity contribution in [2.75, 3.05) is 13.6 Å². The minimum absolute atomic E-state index is 0.216. The molecule has 3 aromatic rings. The molecule has 4 nitrogen and oxygen atoms in total. The lowest BCUT2D eigenvalue weighted by atomic mass is 10.2. The zero-order chi connectivity index (χ0) is 19.6. The van der Waals surface area contributed by atoms with E-state index in [9.17, 15) is 0 Å². The summed E-state index contributed by atoms with van der Waals surface area (Å²) < 4.78 is 22.3. The van der Waals surface area contributed by atoms with Gasteiger partial charge in [0.15, 0.2) is 13.6 Å². The van der Waals surface area contributed by atoms with E-state index in [4.69, 9.17) is 18.9 Å². The van der Waals surface area contributed by atoms with Gasteiger partial charge < -0.3 is 18.9 Å². The minimum atomic E-state index is 0.216. The molecule has 3 aromatic carbocycles. The highest BCUT2D eigenvalue weighted by Crippen LogP contribution is 2.14. The molecule has 0 amide bonds. The fourth-order valence-electron chi connectivity index (χ4n) is 2.54. The standard InChI is InChI=1S/C24H26O4/c1-19-3-7-21(8-4-19)15-25-18-28-24-13-9-22(10-14-24)16-26-17-27-23-11-5-20(2)6-12-23/h3-14H,15-18H2,1-2H3. The van der Waals surface area contributed by atoms with Crippen molar-refractivity contribution in [1.29, 1.82) is 0 Å². The van der Waals surface area contributed by atoms with Gasteiger partial charge in [0.1, 0.15) is 11.5 Å². The van der Waals surface area contributed by atoms with Crippen LogP contribution in [0.3, 0.4) is 0 Å². The van der Waals surface area contributed by atoms with E-state index >= 15 is 0 Å². The van der Waals surface area contributed by atoms with Crippen LogP contribution in [-0.4, -0.2) is 13.6 Å². The summed E-state index contributed by atoms with van der Waals surface area (Å²) in [7, 11) is 0. The van der Waals surface area contributed by atoms with Crippen LogP contribution in [0.2, 0.25) is 0 Å². The van der Waals surface area contributed by atoms with Crippen LogP contribution in [0.5, 0.6) is 11.5 Å². The van der Waals surface area contributed by atoms with Crippen molar-refractivity contribution in [3.63, 3.8) is 0 Å². The molecule has 0 bridgehead atoms. The molecule has 0 spiro atoms. The molecule has 0 aliphatic rings. The number of rotatable bonds is 10. The summed E-state index contributed by atoms with van der Waals surface area (Å²) in [4.78, 5) is 0. The molecule has 3 rings (SSSR count). The maximum atomic E-state index is 5.61. The van der Waals surface area contributed by atoms with Gasteiger partial charge in [0.05, 0.1) is 13.2 Å². The summed E-state index contributed by atoms with van der Waals surface area (Å²) in [6.45, 7) is 5.56. The van der Waals surface area contributed by atoms with Crippen LogP contribution in [0.4, 0.5) is 0 Å². The first-order chi connectivity index (χ1) is 13.7. The van der Waals surface area contributed by atoms with Crippen LogP contribution in [0.25, 0.3) is 0 Å². The number of hydrogen-bond donors (Lipinski definition) is 0. The van der Waals surface area contributed by atoms with Crippen LogP contribution in [-0.2, 0) is 22.7 Å². The van der Waals surface area contributed by atoms with Gasteiger partial charge in [0.2, 0.25) is 0 Å². The van der Waals surface area contributed by atoms with Gasteiger partial charge in [-0.3, -0.25) is 0 Å². The number of benzene rings is 3. The van der Waals surface area contributed by atoms with Gasteiger partial charge in [-0.1, -0.05) is 59.7 Å². The zero-order valence-electron chi connectivity index (χ0n) is 16.4. The van der Waals surface area contributed by atoms with Crippen LogP contribution in [0.15, 0.2) is 72.8 Å². The molecule has 0 atom stereocenters. The molecular formula is C24H26O4. The quantitative estimate of drug-likeness (QED) is 0.349. The van der Waals surface area contributed by atoms with Crippen LogP contribution >= 0.6 is 0 Å². The Kier molecular flexibility index (Phi) is 7.47. The van der Waals surface area contributed by atoms with Gasteiger partial charge in [-0.05, 0) is 49.2 Å². The highest BCUT2D eigenvalue weighted by Gasteiger charge is 1.99. The molecule has 0 saturated carbocycles. The first-order valence-corrected chi connectivity index (χ1v) is 9.31. The van der Waals surface area contributed by atoms with Gasteiger partial charge in [-0.2, -0.15) is 0 Å². The van der Waals surface area contributed by atoms with Crippen molar-refractivity contribution in [3.05, 3.63) is 95.1 Å². The first kappa shape index (κ1) is 19.9. The summed E-state index contributed by atoms with van der Waals surface area (Å²) in [5.41, 5.74) is 4.64. The van der Waals surface area contributed by atoms with Gasteiger partial charge in [0.25, 0.3) is 0 Å². The third kappa shape index (κ3) is 6.72. The Morgan fingerprint density at radius 1 is 0.500 bits per heavy atom. The predicted octanol–water partition coefficient (Wildman–Crippen LogP) is 5.41. The summed E-state index contributed by atoms with van der Waals surface area (Å²) in [6, 6.07) is 23.9. The topological polar surface area (TPSA) is 36.9 Å². The molecule has 0 heterocycles. The average Bonchev–Trinajstić information content (AvgIpc) is 2.72. The third-order valence-electron chi connectivity index (χ3n) is 4.22.